The molecule has 0 aliphatic rings. The standard InChI is InChI=1S/C15H14O2/c1-10-5-11(2)7-14(6-10)12-3-4-13(9-16)15(17)8-12/h3-9,17H,1-2H3. The van der Waals surface area contributed by atoms with E-state index >= 15 is 0 Å². The van der Waals surface area contributed by atoms with Crippen LogP contribution in [0.3, 0.4) is 0 Å². The number of hydrogen-bond donors (Lipinski definition) is 1. The van der Waals surface area contributed by atoms with Gasteiger partial charge in [-0.25, -0.2) is 0 Å². The molecule has 0 aliphatic carbocycles. The number of rotatable bonds is 2. The third-order valence-electron chi connectivity index (χ3n) is 2.71. The summed E-state index contributed by atoms with van der Waals surface area (Å²) >= 11 is 0. The first-order valence-corrected chi connectivity index (χ1v) is 5.47. The van der Waals surface area contributed by atoms with Gasteiger partial charge in [0.1, 0.15) is 5.75 Å². The van der Waals surface area contributed by atoms with Crippen LogP contribution in [-0.2, 0) is 0 Å². The number of benzene rings is 2. The van der Waals surface area contributed by atoms with Gasteiger partial charge in [0.2, 0.25) is 0 Å². The van der Waals surface area contributed by atoms with Crippen molar-refractivity contribution in [3.8, 4) is 16.9 Å². The summed E-state index contributed by atoms with van der Waals surface area (Å²) in [4.78, 5) is 10.6. The molecule has 86 valence electrons. The maximum atomic E-state index is 10.6. The van der Waals surface area contributed by atoms with Gasteiger partial charge in [0, 0.05) is 0 Å². The predicted octanol–water partition coefficient (Wildman–Crippen LogP) is 3.49. The number of carbonyl (C=O) groups is 1. The average molecular weight is 226 g/mol. The van der Waals surface area contributed by atoms with Crippen LogP contribution in [0.5, 0.6) is 5.75 Å². The van der Waals surface area contributed by atoms with Crippen LogP contribution in [0.2, 0.25) is 0 Å². The fourth-order valence-electron chi connectivity index (χ4n) is 1.96. The highest BCUT2D eigenvalue weighted by atomic mass is 16.3. The van der Waals surface area contributed by atoms with Gasteiger partial charge in [0.15, 0.2) is 6.29 Å². The molecule has 0 amide bonds. The molecule has 0 aliphatic heterocycles. The molecule has 0 atom stereocenters. The van der Waals surface area contributed by atoms with Gasteiger partial charge in [0.25, 0.3) is 0 Å². The topological polar surface area (TPSA) is 37.3 Å². The van der Waals surface area contributed by atoms with Crippen molar-refractivity contribution in [2.75, 3.05) is 0 Å². The van der Waals surface area contributed by atoms with Crippen molar-refractivity contribution in [1.82, 2.24) is 0 Å². The first kappa shape index (κ1) is 11.4. The van der Waals surface area contributed by atoms with Crippen LogP contribution in [0, 0.1) is 13.8 Å². The molecule has 0 bridgehead atoms. The lowest BCUT2D eigenvalue weighted by atomic mass is 9.99. The van der Waals surface area contributed by atoms with E-state index < -0.39 is 0 Å². The lowest BCUT2D eigenvalue weighted by molar-refractivity contribution is 0.112. The lowest BCUT2D eigenvalue weighted by Gasteiger charge is -2.06. The van der Waals surface area contributed by atoms with E-state index in [1.807, 2.05) is 19.9 Å². The minimum atomic E-state index is 0.0247. The molecule has 2 aromatic carbocycles. The van der Waals surface area contributed by atoms with Gasteiger partial charge in [-0.05, 0) is 37.1 Å². The van der Waals surface area contributed by atoms with Gasteiger partial charge < -0.3 is 5.11 Å². The maximum Gasteiger partial charge on any atom is 0.153 e. The Balaban J connectivity index is 2.53. The number of carbonyl (C=O) groups excluding carboxylic acids is 1. The minimum Gasteiger partial charge on any atom is -0.507 e. The van der Waals surface area contributed by atoms with Gasteiger partial charge in [-0.2, -0.15) is 0 Å². The summed E-state index contributed by atoms with van der Waals surface area (Å²) < 4.78 is 0. The Morgan fingerprint density at radius 2 is 1.59 bits per heavy atom. The minimum absolute atomic E-state index is 0.0247. The Morgan fingerprint density at radius 3 is 2.12 bits per heavy atom. The molecule has 2 rings (SSSR count). The number of phenols is 1. The van der Waals surface area contributed by atoms with Gasteiger partial charge in [-0.15, -0.1) is 0 Å². The van der Waals surface area contributed by atoms with Gasteiger partial charge in [0.05, 0.1) is 5.56 Å². The first-order valence-electron chi connectivity index (χ1n) is 5.47. The van der Waals surface area contributed by atoms with E-state index in [2.05, 4.69) is 18.2 Å². The predicted molar refractivity (Wildman–Crippen MR) is 68.4 cm³/mol. The number of phenolic OH excluding ortho intramolecular Hbond substituents is 1. The highest BCUT2D eigenvalue weighted by molar-refractivity contribution is 5.81. The molecule has 0 unspecified atom stereocenters. The van der Waals surface area contributed by atoms with Crippen LogP contribution in [-0.4, -0.2) is 11.4 Å². The van der Waals surface area contributed by atoms with Crippen molar-refractivity contribution in [2.24, 2.45) is 0 Å². The molecule has 0 heterocycles. The molecule has 2 nitrogen and oxygen atoms in total. The number of aryl methyl sites for hydroxylation is 2. The molecule has 0 fully saturated rings. The Hall–Kier alpha value is -2.09. The molecule has 17 heavy (non-hydrogen) atoms. The largest absolute Gasteiger partial charge is 0.507 e. The van der Waals surface area contributed by atoms with Crippen LogP contribution >= 0.6 is 0 Å². The summed E-state index contributed by atoms with van der Waals surface area (Å²) in [5.41, 5.74) is 4.64. The van der Waals surface area contributed by atoms with E-state index in [1.54, 1.807) is 12.1 Å². The zero-order valence-electron chi connectivity index (χ0n) is 9.90. The van der Waals surface area contributed by atoms with Crippen molar-refractivity contribution < 1.29 is 9.90 Å². The van der Waals surface area contributed by atoms with Gasteiger partial charge >= 0.3 is 0 Å². The van der Waals surface area contributed by atoms with E-state index in [0.29, 0.717) is 11.8 Å². The third kappa shape index (κ3) is 2.36. The fourth-order valence-corrected chi connectivity index (χ4v) is 1.96. The molecule has 2 heteroatoms. The summed E-state index contributed by atoms with van der Waals surface area (Å²) in [5, 5.41) is 9.66. The second-order valence-corrected chi connectivity index (χ2v) is 4.27. The zero-order valence-corrected chi connectivity index (χ0v) is 9.90. The highest BCUT2D eigenvalue weighted by Crippen LogP contribution is 2.27. The molecular weight excluding hydrogens is 212 g/mol. The molecule has 0 aromatic heterocycles. The lowest BCUT2D eigenvalue weighted by Crippen LogP contribution is -1.85. The van der Waals surface area contributed by atoms with Crippen LogP contribution in [0.15, 0.2) is 36.4 Å². The summed E-state index contributed by atoms with van der Waals surface area (Å²) in [6.07, 6.45) is 0.653. The fraction of sp³-hybridized carbons (Fsp3) is 0.133. The van der Waals surface area contributed by atoms with Gasteiger partial charge in [-0.3, -0.25) is 4.79 Å². The Bertz CT molecular complexity index is 551. The van der Waals surface area contributed by atoms with E-state index in [-0.39, 0.29) is 5.75 Å². The Morgan fingerprint density at radius 1 is 0.941 bits per heavy atom. The van der Waals surface area contributed by atoms with Crippen molar-refractivity contribution in [3.63, 3.8) is 0 Å². The summed E-state index contributed by atoms with van der Waals surface area (Å²) in [6, 6.07) is 11.3. The first-order chi connectivity index (χ1) is 8.10. The van der Waals surface area contributed by atoms with Crippen molar-refractivity contribution in [2.45, 2.75) is 13.8 Å². The summed E-state index contributed by atoms with van der Waals surface area (Å²) in [7, 11) is 0. The van der Waals surface area contributed by atoms with E-state index in [9.17, 15) is 9.90 Å². The van der Waals surface area contributed by atoms with Crippen LogP contribution in [0.1, 0.15) is 21.5 Å². The van der Waals surface area contributed by atoms with Crippen molar-refractivity contribution in [3.05, 3.63) is 53.1 Å². The smallest absolute Gasteiger partial charge is 0.153 e. The highest BCUT2D eigenvalue weighted by Gasteiger charge is 2.04. The molecule has 0 saturated carbocycles. The number of aromatic hydroxyl groups is 1. The molecule has 0 spiro atoms. The Labute approximate surface area is 101 Å². The summed E-state index contributed by atoms with van der Waals surface area (Å²) in [5.74, 6) is 0.0247. The molecule has 2 aromatic rings. The van der Waals surface area contributed by atoms with E-state index in [1.165, 1.54) is 11.1 Å². The molecule has 1 N–H and O–H groups in total. The third-order valence-corrected chi connectivity index (χ3v) is 2.71. The normalized spacial score (nSPS) is 10.2. The average Bonchev–Trinajstić information content (AvgIpc) is 2.27. The Kier molecular flexibility index (Phi) is 2.96. The van der Waals surface area contributed by atoms with Crippen LogP contribution in [0.4, 0.5) is 0 Å². The van der Waals surface area contributed by atoms with E-state index in [4.69, 9.17) is 0 Å². The number of hydrogen-bond acceptors (Lipinski definition) is 2. The van der Waals surface area contributed by atoms with Crippen molar-refractivity contribution >= 4 is 6.29 Å². The quantitative estimate of drug-likeness (QED) is 0.796. The monoisotopic (exact) mass is 226 g/mol. The zero-order chi connectivity index (χ0) is 12.4. The van der Waals surface area contributed by atoms with Gasteiger partial charge in [-0.1, -0.05) is 35.4 Å². The molecular formula is C15H14O2. The van der Waals surface area contributed by atoms with E-state index in [0.717, 1.165) is 11.1 Å². The molecule has 0 radical (unpaired) electrons. The second-order valence-electron chi connectivity index (χ2n) is 4.27. The molecule has 0 saturated heterocycles. The second kappa shape index (κ2) is 4.42. The number of aldehydes is 1. The van der Waals surface area contributed by atoms with Crippen LogP contribution < -0.4 is 0 Å². The maximum absolute atomic E-state index is 10.6. The SMILES string of the molecule is Cc1cc(C)cc(-c2ccc(C=O)c(O)c2)c1. The summed E-state index contributed by atoms with van der Waals surface area (Å²) in [6.45, 7) is 4.08. The van der Waals surface area contributed by atoms with Crippen LogP contribution in [0.25, 0.3) is 11.1 Å². The van der Waals surface area contributed by atoms with Crippen molar-refractivity contribution in [1.29, 1.82) is 0 Å².